The summed E-state index contributed by atoms with van der Waals surface area (Å²) in [6, 6.07) is 8.58. The zero-order valence-electron chi connectivity index (χ0n) is 13.8. The van der Waals surface area contributed by atoms with Crippen molar-refractivity contribution in [3.63, 3.8) is 0 Å². The highest BCUT2D eigenvalue weighted by Crippen LogP contribution is 2.28. The lowest BCUT2D eigenvalue weighted by atomic mass is 9.87. The number of nitrogens with one attached hydrogen (secondary N) is 2. The van der Waals surface area contributed by atoms with Crippen LogP contribution in [0.1, 0.15) is 43.2 Å². The van der Waals surface area contributed by atoms with E-state index in [2.05, 4.69) is 34.9 Å². The van der Waals surface area contributed by atoms with Gasteiger partial charge in [0.25, 0.3) is 0 Å². The van der Waals surface area contributed by atoms with Crippen LogP contribution >= 0.6 is 0 Å². The van der Waals surface area contributed by atoms with Gasteiger partial charge in [-0.05, 0) is 61.5 Å². The maximum absolute atomic E-state index is 11.9. The summed E-state index contributed by atoms with van der Waals surface area (Å²) in [7, 11) is 0. The molecular formula is C19H28N2O2. The Hall–Kier alpha value is -1.55. The van der Waals surface area contributed by atoms with E-state index in [9.17, 15) is 9.90 Å². The Labute approximate surface area is 138 Å². The molecule has 2 aliphatic rings. The van der Waals surface area contributed by atoms with E-state index in [1.54, 1.807) is 0 Å². The molecular weight excluding hydrogens is 288 g/mol. The Balaban J connectivity index is 1.30. The van der Waals surface area contributed by atoms with Crippen LogP contribution < -0.4 is 10.6 Å². The van der Waals surface area contributed by atoms with Crippen LogP contribution in [0.25, 0.3) is 0 Å². The average Bonchev–Trinajstić information content (AvgIpc) is 2.96. The van der Waals surface area contributed by atoms with Gasteiger partial charge in [0.1, 0.15) is 0 Å². The van der Waals surface area contributed by atoms with Crippen molar-refractivity contribution in [2.45, 2.75) is 51.0 Å². The van der Waals surface area contributed by atoms with Crippen LogP contribution in [0.4, 0.5) is 4.79 Å². The van der Waals surface area contributed by atoms with E-state index in [1.807, 2.05) is 0 Å². The fourth-order valence-corrected chi connectivity index (χ4v) is 3.99. The first kappa shape index (κ1) is 16.3. The van der Waals surface area contributed by atoms with Crippen LogP contribution in [-0.4, -0.2) is 30.3 Å². The second-order valence-electron chi connectivity index (χ2n) is 7.15. The molecule has 1 aromatic carbocycles. The minimum atomic E-state index is -0.178. The average molecular weight is 316 g/mol. The molecule has 23 heavy (non-hydrogen) atoms. The van der Waals surface area contributed by atoms with Gasteiger partial charge in [-0.15, -0.1) is 0 Å². The van der Waals surface area contributed by atoms with Crippen molar-refractivity contribution < 1.29 is 9.90 Å². The third-order valence-corrected chi connectivity index (χ3v) is 5.28. The Morgan fingerprint density at radius 2 is 1.83 bits per heavy atom. The van der Waals surface area contributed by atoms with Crippen LogP contribution in [0.3, 0.4) is 0 Å². The molecule has 2 atom stereocenters. The van der Waals surface area contributed by atoms with Crippen LogP contribution in [-0.2, 0) is 12.8 Å². The highest BCUT2D eigenvalue weighted by Gasteiger charge is 2.22. The van der Waals surface area contributed by atoms with E-state index in [-0.39, 0.29) is 12.1 Å². The molecule has 3 N–H and O–H groups in total. The van der Waals surface area contributed by atoms with Gasteiger partial charge in [-0.2, -0.15) is 0 Å². The molecule has 2 amide bonds. The zero-order chi connectivity index (χ0) is 16.1. The maximum Gasteiger partial charge on any atom is 0.314 e. The minimum absolute atomic E-state index is 0.0689. The normalized spacial score (nSPS) is 24.2. The predicted molar refractivity (Wildman–Crippen MR) is 91.3 cm³/mol. The lowest BCUT2D eigenvalue weighted by Crippen LogP contribution is -2.40. The summed E-state index contributed by atoms with van der Waals surface area (Å²) in [5.41, 5.74) is 2.94. The highest BCUT2D eigenvalue weighted by molar-refractivity contribution is 5.73. The van der Waals surface area contributed by atoms with Crippen molar-refractivity contribution in [2.24, 2.45) is 11.8 Å². The number of rotatable bonds is 5. The topological polar surface area (TPSA) is 61.4 Å². The number of aliphatic hydroxyl groups is 1. The van der Waals surface area contributed by atoms with Gasteiger partial charge in [0.15, 0.2) is 0 Å². The third-order valence-electron chi connectivity index (χ3n) is 5.28. The highest BCUT2D eigenvalue weighted by atomic mass is 16.3. The molecule has 0 saturated heterocycles. The molecule has 1 fully saturated rings. The van der Waals surface area contributed by atoms with E-state index >= 15 is 0 Å². The van der Waals surface area contributed by atoms with Gasteiger partial charge in [-0.3, -0.25) is 0 Å². The van der Waals surface area contributed by atoms with Crippen molar-refractivity contribution in [1.82, 2.24) is 10.6 Å². The second kappa shape index (κ2) is 7.82. The number of aliphatic hydroxyl groups excluding tert-OH is 1. The summed E-state index contributed by atoms with van der Waals surface area (Å²) in [6.07, 6.45) is 7.04. The molecule has 0 heterocycles. The standard InChI is InChI=1S/C19H28N2O2/c22-18-7-3-4-15(12-18)13-21-19(23)20-9-8-14-10-16-5-1-2-6-17(16)11-14/h1-2,5-6,14-15,18,22H,3-4,7-13H2,(H2,20,21,23)/t15-,18-/m0/s1. The summed E-state index contributed by atoms with van der Waals surface area (Å²) in [4.78, 5) is 11.9. The Kier molecular flexibility index (Phi) is 5.55. The lowest BCUT2D eigenvalue weighted by Gasteiger charge is -2.25. The van der Waals surface area contributed by atoms with Gasteiger partial charge in [0.05, 0.1) is 6.10 Å². The van der Waals surface area contributed by atoms with Crippen molar-refractivity contribution >= 4 is 6.03 Å². The molecule has 126 valence electrons. The van der Waals surface area contributed by atoms with Gasteiger partial charge >= 0.3 is 6.03 Å². The summed E-state index contributed by atoms with van der Waals surface area (Å²) in [5.74, 6) is 1.08. The van der Waals surface area contributed by atoms with Crippen LogP contribution in [0.5, 0.6) is 0 Å². The van der Waals surface area contributed by atoms with Crippen LogP contribution in [0, 0.1) is 11.8 Å². The molecule has 0 aromatic heterocycles. The fourth-order valence-electron chi connectivity index (χ4n) is 3.99. The Morgan fingerprint density at radius 1 is 1.09 bits per heavy atom. The van der Waals surface area contributed by atoms with Crippen LogP contribution in [0.2, 0.25) is 0 Å². The molecule has 0 bridgehead atoms. The van der Waals surface area contributed by atoms with E-state index in [4.69, 9.17) is 0 Å². The van der Waals surface area contributed by atoms with Gasteiger partial charge in [-0.25, -0.2) is 4.79 Å². The van der Waals surface area contributed by atoms with Gasteiger partial charge in [-0.1, -0.05) is 30.7 Å². The number of carbonyl (C=O) groups excluding carboxylic acids is 1. The number of amides is 2. The number of carbonyl (C=O) groups is 1. The van der Waals surface area contributed by atoms with Crippen LogP contribution in [0.15, 0.2) is 24.3 Å². The fraction of sp³-hybridized carbons (Fsp3) is 0.632. The smallest absolute Gasteiger partial charge is 0.314 e. The third kappa shape index (κ3) is 4.71. The van der Waals surface area contributed by atoms with Gasteiger partial charge in [0.2, 0.25) is 0 Å². The molecule has 0 radical (unpaired) electrons. The molecule has 3 rings (SSSR count). The van der Waals surface area contributed by atoms with Crippen molar-refractivity contribution in [2.75, 3.05) is 13.1 Å². The lowest BCUT2D eigenvalue weighted by molar-refractivity contribution is 0.101. The summed E-state index contributed by atoms with van der Waals surface area (Å²) in [6.45, 7) is 1.41. The zero-order valence-corrected chi connectivity index (χ0v) is 13.8. The molecule has 0 unspecified atom stereocenters. The Bertz CT molecular complexity index is 507. The quantitative estimate of drug-likeness (QED) is 0.782. The molecule has 2 aliphatic carbocycles. The second-order valence-corrected chi connectivity index (χ2v) is 7.15. The first-order chi connectivity index (χ1) is 11.2. The first-order valence-electron chi connectivity index (χ1n) is 8.97. The predicted octanol–water partition coefficient (Wildman–Crippen LogP) is 2.64. The van der Waals surface area contributed by atoms with Crippen molar-refractivity contribution in [3.05, 3.63) is 35.4 Å². The molecule has 4 nitrogen and oxygen atoms in total. The van der Waals surface area contributed by atoms with E-state index in [0.717, 1.165) is 51.5 Å². The van der Waals surface area contributed by atoms with Crippen molar-refractivity contribution in [3.8, 4) is 0 Å². The number of benzene rings is 1. The van der Waals surface area contributed by atoms with E-state index in [0.29, 0.717) is 18.4 Å². The monoisotopic (exact) mass is 316 g/mol. The van der Waals surface area contributed by atoms with E-state index < -0.39 is 0 Å². The maximum atomic E-state index is 11.9. The van der Waals surface area contributed by atoms with Gasteiger partial charge < -0.3 is 15.7 Å². The number of urea groups is 1. The number of hydrogen-bond donors (Lipinski definition) is 3. The summed E-state index contributed by atoms with van der Waals surface area (Å²) < 4.78 is 0. The first-order valence-corrected chi connectivity index (χ1v) is 8.97. The number of fused-ring (bicyclic) bond motifs is 1. The molecule has 1 saturated carbocycles. The summed E-state index contributed by atoms with van der Waals surface area (Å²) in [5, 5.41) is 15.6. The largest absolute Gasteiger partial charge is 0.393 e. The molecule has 1 aromatic rings. The minimum Gasteiger partial charge on any atom is -0.393 e. The summed E-state index contributed by atoms with van der Waals surface area (Å²) >= 11 is 0. The van der Waals surface area contributed by atoms with E-state index in [1.165, 1.54) is 11.1 Å². The van der Waals surface area contributed by atoms with Crippen molar-refractivity contribution in [1.29, 1.82) is 0 Å². The SMILES string of the molecule is O=C(NCCC1Cc2ccccc2C1)NC[C@H]1CCC[C@H](O)C1. The molecule has 4 heteroatoms. The molecule has 0 spiro atoms. The van der Waals surface area contributed by atoms with Gasteiger partial charge in [0, 0.05) is 13.1 Å². The molecule has 0 aliphatic heterocycles. The Morgan fingerprint density at radius 3 is 2.52 bits per heavy atom. The number of hydrogen-bond acceptors (Lipinski definition) is 2.